The summed E-state index contributed by atoms with van der Waals surface area (Å²) in [6.07, 6.45) is 1.62. The van der Waals surface area contributed by atoms with E-state index in [2.05, 4.69) is 24.4 Å². The van der Waals surface area contributed by atoms with E-state index >= 15 is 0 Å². The quantitative estimate of drug-likeness (QED) is 0.810. The van der Waals surface area contributed by atoms with Gasteiger partial charge in [-0.05, 0) is 17.9 Å². The first-order valence-corrected chi connectivity index (χ1v) is 7.20. The molecule has 2 rings (SSSR count). The van der Waals surface area contributed by atoms with Gasteiger partial charge in [-0.25, -0.2) is 0 Å². The SMILES string of the molecule is CCCC(=O)N1CCS[C@H]1c1cccs1. The fourth-order valence-corrected chi connectivity index (χ4v) is 4.01. The molecule has 0 saturated carbocycles. The van der Waals surface area contributed by atoms with Gasteiger partial charge in [-0.2, -0.15) is 0 Å². The number of thiophene rings is 1. The molecule has 1 aromatic rings. The van der Waals surface area contributed by atoms with E-state index in [0.29, 0.717) is 12.3 Å². The van der Waals surface area contributed by atoms with Gasteiger partial charge in [-0.15, -0.1) is 23.1 Å². The first-order chi connectivity index (χ1) is 7.33. The summed E-state index contributed by atoms with van der Waals surface area (Å²) in [6, 6.07) is 4.18. The summed E-state index contributed by atoms with van der Waals surface area (Å²) in [5, 5.41) is 2.36. The number of thioether (sulfide) groups is 1. The van der Waals surface area contributed by atoms with E-state index in [-0.39, 0.29) is 5.37 Å². The largest absolute Gasteiger partial charge is 0.325 e. The molecule has 4 heteroatoms. The predicted molar refractivity (Wildman–Crippen MR) is 66.1 cm³/mol. The second kappa shape index (κ2) is 5.03. The standard InChI is InChI=1S/C11H15NOS2/c1-2-4-10(13)12-6-8-15-11(12)9-5-3-7-14-9/h3,5,7,11H,2,4,6,8H2,1H3/t11-/m0/s1. The van der Waals surface area contributed by atoms with Crippen LogP contribution in [0, 0.1) is 0 Å². The molecule has 2 heterocycles. The summed E-state index contributed by atoms with van der Waals surface area (Å²) in [7, 11) is 0. The molecule has 1 fully saturated rings. The number of amides is 1. The Balaban J connectivity index is 2.08. The van der Waals surface area contributed by atoms with Crippen molar-refractivity contribution in [3.05, 3.63) is 22.4 Å². The van der Waals surface area contributed by atoms with E-state index < -0.39 is 0 Å². The van der Waals surface area contributed by atoms with Crippen molar-refractivity contribution in [1.29, 1.82) is 0 Å². The van der Waals surface area contributed by atoms with Crippen LogP contribution < -0.4 is 0 Å². The van der Waals surface area contributed by atoms with Gasteiger partial charge in [0.2, 0.25) is 5.91 Å². The highest BCUT2D eigenvalue weighted by Gasteiger charge is 2.30. The van der Waals surface area contributed by atoms with E-state index in [4.69, 9.17) is 0 Å². The number of carbonyl (C=O) groups is 1. The van der Waals surface area contributed by atoms with Crippen LogP contribution in [0.15, 0.2) is 17.5 Å². The lowest BCUT2D eigenvalue weighted by Gasteiger charge is -2.22. The minimum Gasteiger partial charge on any atom is -0.325 e. The number of hydrogen-bond acceptors (Lipinski definition) is 3. The summed E-state index contributed by atoms with van der Waals surface area (Å²) in [4.78, 5) is 15.2. The molecular weight excluding hydrogens is 226 g/mol. The molecule has 15 heavy (non-hydrogen) atoms. The van der Waals surface area contributed by atoms with Gasteiger partial charge >= 0.3 is 0 Å². The van der Waals surface area contributed by atoms with Gasteiger partial charge < -0.3 is 4.90 Å². The molecule has 1 aromatic heterocycles. The maximum absolute atomic E-state index is 11.9. The Morgan fingerprint density at radius 2 is 2.53 bits per heavy atom. The summed E-state index contributed by atoms with van der Waals surface area (Å²) < 4.78 is 0. The maximum Gasteiger partial charge on any atom is 0.223 e. The van der Waals surface area contributed by atoms with Crippen molar-refractivity contribution in [1.82, 2.24) is 4.90 Å². The highest BCUT2D eigenvalue weighted by Crippen LogP contribution is 2.40. The predicted octanol–water partition coefficient (Wildman–Crippen LogP) is 3.12. The van der Waals surface area contributed by atoms with Crippen LogP contribution in [0.2, 0.25) is 0 Å². The zero-order chi connectivity index (χ0) is 10.7. The lowest BCUT2D eigenvalue weighted by atomic mass is 10.3. The molecule has 0 aliphatic carbocycles. The number of rotatable bonds is 3. The van der Waals surface area contributed by atoms with Crippen LogP contribution in [0.4, 0.5) is 0 Å². The molecule has 1 atom stereocenters. The van der Waals surface area contributed by atoms with Gasteiger partial charge in [0.25, 0.3) is 0 Å². The average molecular weight is 241 g/mol. The molecule has 0 N–H and O–H groups in total. The summed E-state index contributed by atoms with van der Waals surface area (Å²) >= 11 is 3.62. The van der Waals surface area contributed by atoms with Crippen molar-refractivity contribution in [2.24, 2.45) is 0 Å². The van der Waals surface area contributed by atoms with Gasteiger partial charge in [-0.1, -0.05) is 13.0 Å². The van der Waals surface area contributed by atoms with Crippen molar-refractivity contribution in [2.75, 3.05) is 12.3 Å². The second-order valence-electron chi connectivity index (χ2n) is 3.58. The molecular formula is C11H15NOS2. The van der Waals surface area contributed by atoms with Crippen molar-refractivity contribution < 1.29 is 4.79 Å². The maximum atomic E-state index is 11.9. The van der Waals surface area contributed by atoms with E-state index in [0.717, 1.165) is 18.7 Å². The average Bonchev–Trinajstić information content (AvgIpc) is 2.88. The molecule has 0 bridgehead atoms. The lowest BCUT2D eigenvalue weighted by molar-refractivity contribution is -0.131. The summed E-state index contributed by atoms with van der Waals surface area (Å²) in [5.41, 5.74) is 0. The minimum atomic E-state index is 0.282. The third-order valence-electron chi connectivity index (χ3n) is 2.46. The number of nitrogens with zero attached hydrogens (tertiary/aromatic N) is 1. The molecule has 0 unspecified atom stereocenters. The second-order valence-corrected chi connectivity index (χ2v) is 5.74. The Hall–Kier alpha value is -0.480. The summed E-state index contributed by atoms with van der Waals surface area (Å²) in [6.45, 7) is 2.97. The molecule has 2 nitrogen and oxygen atoms in total. The molecule has 0 aromatic carbocycles. The van der Waals surface area contributed by atoms with Crippen LogP contribution in [-0.2, 0) is 4.79 Å². The molecule has 0 radical (unpaired) electrons. The van der Waals surface area contributed by atoms with Crippen molar-refractivity contribution in [3.63, 3.8) is 0 Å². The fraction of sp³-hybridized carbons (Fsp3) is 0.545. The van der Waals surface area contributed by atoms with Gasteiger partial charge in [0, 0.05) is 23.6 Å². The Kier molecular flexibility index (Phi) is 3.70. The lowest BCUT2D eigenvalue weighted by Crippen LogP contribution is -2.29. The number of carbonyl (C=O) groups excluding carboxylic acids is 1. The normalized spacial score (nSPS) is 20.9. The topological polar surface area (TPSA) is 20.3 Å². The number of hydrogen-bond donors (Lipinski definition) is 0. The Morgan fingerprint density at radius 3 is 3.20 bits per heavy atom. The van der Waals surface area contributed by atoms with Gasteiger partial charge in [-0.3, -0.25) is 4.79 Å². The summed E-state index contributed by atoms with van der Waals surface area (Å²) in [5.74, 6) is 1.37. The first-order valence-electron chi connectivity index (χ1n) is 5.27. The van der Waals surface area contributed by atoms with Crippen LogP contribution in [-0.4, -0.2) is 23.1 Å². The van der Waals surface area contributed by atoms with E-state index in [1.54, 1.807) is 11.3 Å². The molecule has 82 valence electrons. The monoisotopic (exact) mass is 241 g/mol. The van der Waals surface area contributed by atoms with Crippen LogP contribution in [0.1, 0.15) is 30.0 Å². The molecule has 1 aliphatic rings. The smallest absolute Gasteiger partial charge is 0.223 e. The molecule has 0 spiro atoms. The van der Waals surface area contributed by atoms with Crippen molar-refractivity contribution >= 4 is 29.0 Å². The third kappa shape index (κ3) is 2.37. The van der Waals surface area contributed by atoms with E-state index in [1.807, 2.05) is 16.7 Å². The Labute approximate surface area is 98.7 Å². The van der Waals surface area contributed by atoms with Crippen molar-refractivity contribution in [2.45, 2.75) is 25.1 Å². The van der Waals surface area contributed by atoms with Gasteiger partial charge in [0.05, 0.1) is 0 Å². The minimum absolute atomic E-state index is 0.282. The zero-order valence-corrected chi connectivity index (χ0v) is 10.4. The zero-order valence-electron chi connectivity index (χ0n) is 8.81. The Bertz CT molecular complexity index is 323. The molecule has 1 saturated heterocycles. The van der Waals surface area contributed by atoms with Gasteiger partial charge in [0.15, 0.2) is 0 Å². The van der Waals surface area contributed by atoms with E-state index in [9.17, 15) is 4.79 Å². The molecule has 1 amide bonds. The van der Waals surface area contributed by atoms with Crippen molar-refractivity contribution in [3.8, 4) is 0 Å². The highest BCUT2D eigenvalue weighted by molar-refractivity contribution is 7.99. The highest BCUT2D eigenvalue weighted by atomic mass is 32.2. The molecule has 1 aliphatic heterocycles. The first kappa shape index (κ1) is 11.0. The van der Waals surface area contributed by atoms with Crippen LogP contribution >= 0.6 is 23.1 Å². The van der Waals surface area contributed by atoms with Crippen LogP contribution in [0.25, 0.3) is 0 Å². The Morgan fingerprint density at radius 1 is 1.67 bits per heavy atom. The van der Waals surface area contributed by atoms with E-state index in [1.165, 1.54) is 4.88 Å². The van der Waals surface area contributed by atoms with Crippen LogP contribution in [0.5, 0.6) is 0 Å². The van der Waals surface area contributed by atoms with Crippen LogP contribution in [0.3, 0.4) is 0 Å². The van der Waals surface area contributed by atoms with Gasteiger partial charge in [0.1, 0.15) is 5.37 Å². The fourth-order valence-electron chi connectivity index (χ4n) is 1.75. The third-order valence-corrected chi connectivity index (χ3v) is 4.78.